The van der Waals surface area contributed by atoms with Crippen LogP contribution in [-0.2, 0) is 17.5 Å². The molecule has 1 aromatic heterocycles. The number of carboxylic acid groups (broad SMARTS) is 1. The molecular weight excluding hydrogens is 407 g/mol. The van der Waals surface area contributed by atoms with Crippen LogP contribution in [0.3, 0.4) is 0 Å². The van der Waals surface area contributed by atoms with E-state index in [9.17, 15) is 18.0 Å². The topological polar surface area (TPSA) is 97.0 Å². The average Bonchev–Trinajstić information content (AvgIpc) is 3.02. The Morgan fingerprint density at radius 3 is 2.69 bits per heavy atom. The van der Waals surface area contributed by atoms with Gasteiger partial charge in [0.25, 0.3) is 0 Å². The molecule has 4 N–H and O–H groups in total. The van der Waals surface area contributed by atoms with Gasteiger partial charge in [0, 0.05) is 16.6 Å². The van der Waals surface area contributed by atoms with Crippen molar-refractivity contribution < 1.29 is 28.5 Å². The Hall–Kier alpha value is -3.11. The SMILES string of the molecule is O.O=C(O)CC1=c2ccccc2=CN(Cc2nc3cc(C(F)(F)F)ccc3s2)N1. The number of carbonyl (C=O) groups is 1. The first-order valence-electron chi connectivity index (χ1n) is 8.31. The van der Waals surface area contributed by atoms with E-state index >= 15 is 0 Å². The number of hydrogen-bond donors (Lipinski definition) is 2. The van der Waals surface area contributed by atoms with Crippen molar-refractivity contribution in [2.24, 2.45) is 0 Å². The molecule has 152 valence electrons. The molecule has 29 heavy (non-hydrogen) atoms. The summed E-state index contributed by atoms with van der Waals surface area (Å²) in [7, 11) is 0. The minimum absolute atomic E-state index is 0. The standard InChI is InChI=1S/C19H14F3N3O2S.H2O/c20-19(21,22)12-5-6-16-15(7-12)23-17(28-16)10-25-9-11-3-1-2-4-13(11)14(24-25)8-18(26)27;/h1-7,9,24H,8,10H2,(H,26,27);1H2. The van der Waals surface area contributed by atoms with Gasteiger partial charge in [-0.05, 0) is 18.2 Å². The maximum Gasteiger partial charge on any atom is 0.416 e. The van der Waals surface area contributed by atoms with Gasteiger partial charge in [-0.25, -0.2) is 4.98 Å². The van der Waals surface area contributed by atoms with Gasteiger partial charge in [-0.15, -0.1) is 11.3 Å². The first-order valence-corrected chi connectivity index (χ1v) is 9.13. The van der Waals surface area contributed by atoms with Crippen LogP contribution in [0.5, 0.6) is 0 Å². The van der Waals surface area contributed by atoms with Crippen LogP contribution in [-0.4, -0.2) is 26.5 Å². The third-order valence-electron chi connectivity index (χ3n) is 4.25. The number of thiazole rings is 1. The summed E-state index contributed by atoms with van der Waals surface area (Å²) in [5.41, 5.74) is 3.18. The summed E-state index contributed by atoms with van der Waals surface area (Å²) >= 11 is 1.30. The van der Waals surface area contributed by atoms with Crippen molar-refractivity contribution in [3.63, 3.8) is 0 Å². The molecule has 0 saturated carbocycles. The molecule has 2 heterocycles. The normalized spacial score (nSPS) is 13.3. The molecule has 0 radical (unpaired) electrons. The van der Waals surface area contributed by atoms with E-state index in [4.69, 9.17) is 5.11 Å². The second-order valence-electron chi connectivity index (χ2n) is 6.29. The van der Waals surface area contributed by atoms with Crippen molar-refractivity contribution in [1.29, 1.82) is 0 Å². The van der Waals surface area contributed by atoms with E-state index in [1.54, 1.807) is 5.01 Å². The van der Waals surface area contributed by atoms with Gasteiger partial charge in [0.15, 0.2) is 0 Å². The van der Waals surface area contributed by atoms with Crippen LogP contribution in [0.4, 0.5) is 13.2 Å². The molecule has 0 unspecified atom stereocenters. The summed E-state index contributed by atoms with van der Waals surface area (Å²) in [6.07, 6.45) is -2.76. The lowest BCUT2D eigenvalue weighted by Crippen LogP contribution is -2.45. The molecule has 0 fully saturated rings. The number of nitrogens with one attached hydrogen (secondary N) is 1. The number of hydrogen-bond acceptors (Lipinski definition) is 5. The lowest BCUT2D eigenvalue weighted by Gasteiger charge is -2.26. The monoisotopic (exact) mass is 423 g/mol. The summed E-state index contributed by atoms with van der Waals surface area (Å²) in [4.78, 5) is 15.5. The fourth-order valence-electron chi connectivity index (χ4n) is 3.05. The Balaban J connectivity index is 0.00000240. The highest BCUT2D eigenvalue weighted by atomic mass is 32.1. The van der Waals surface area contributed by atoms with Crippen molar-refractivity contribution in [3.05, 3.63) is 63.5 Å². The van der Waals surface area contributed by atoms with Crippen LogP contribution in [0, 0.1) is 0 Å². The number of aromatic nitrogens is 1. The van der Waals surface area contributed by atoms with Gasteiger partial charge in [0.2, 0.25) is 0 Å². The Kier molecular flexibility index (Phi) is 5.49. The van der Waals surface area contributed by atoms with E-state index in [1.807, 2.05) is 30.5 Å². The van der Waals surface area contributed by atoms with Gasteiger partial charge in [-0.2, -0.15) is 13.2 Å². The van der Waals surface area contributed by atoms with Gasteiger partial charge < -0.3 is 16.0 Å². The molecular formula is C19H16F3N3O3S. The van der Waals surface area contributed by atoms with E-state index in [0.717, 1.165) is 22.6 Å². The van der Waals surface area contributed by atoms with Crippen molar-refractivity contribution >= 4 is 39.4 Å². The number of aliphatic carboxylic acids is 1. The third-order valence-corrected chi connectivity index (χ3v) is 5.27. The Labute approximate surface area is 166 Å². The molecule has 2 aromatic carbocycles. The minimum atomic E-state index is -4.41. The summed E-state index contributed by atoms with van der Waals surface area (Å²) in [5.74, 6) is -0.959. The molecule has 4 rings (SSSR count). The fraction of sp³-hybridized carbons (Fsp3) is 0.158. The van der Waals surface area contributed by atoms with Crippen LogP contribution in [0.15, 0.2) is 42.5 Å². The Morgan fingerprint density at radius 2 is 1.97 bits per heavy atom. The number of halogens is 3. The molecule has 0 spiro atoms. The van der Waals surface area contributed by atoms with E-state index < -0.39 is 17.7 Å². The highest BCUT2D eigenvalue weighted by Gasteiger charge is 2.30. The lowest BCUT2D eigenvalue weighted by molar-refractivity contribution is -0.137. The van der Waals surface area contributed by atoms with Crippen LogP contribution in [0.1, 0.15) is 17.0 Å². The van der Waals surface area contributed by atoms with Gasteiger partial charge in [0.05, 0.1) is 34.4 Å². The molecule has 0 bridgehead atoms. The van der Waals surface area contributed by atoms with Gasteiger partial charge in [-0.3, -0.25) is 9.80 Å². The molecule has 0 aliphatic carbocycles. The molecule has 3 aromatic rings. The fourth-order valence-corrected chi connectivity index (χ4v) is 4.00. The van der Waals surface area contributed by atoms with Crippen molar-refractivity contribution in [3.8, 4) is 0 Å². The second kappa shape index (κ2) is 7.72. The number of alkyl halides is 3. The predicted octanol–water partition coefficient (Wildman–Crippen LogP) is 1.83. The molecule has 6 nitrogen and oxygen atoms in total. The number of carboxylic acids is 1. The third kappa shape index (κ3) is 4.33. The summed E-state index contributed by atoms with van der Waals surface area (Å²) in [5, 5.41) is 13.1. The highest BCUT2D eigenvalue weighted by Crippen LogP contribution is 2.33. The zero-order valence-corrected chi connectivity index (χ0v) is 15.6. The Bertz CT molecular complexity index is 1190. The first-order chi connectivity index (χ1) is 13.3. The zero-order valence-electron chi connectivity index (χ0n) is 14.8. The van der Waals surface area contributed by atoms with Gasteiger partial charge >= 0.3 is 12.1 Å². The molecule has 1 aliphatic heterocycles. The average molecular weight is 423 g/mol. The molecule has 0 atom stereocenters. The van der Waals surface area contributed by atoms with E-state index in [0.29, 0.717) is 20.9 Å². The maximum absolute atomic E-state index is 12.9. The number of nitrogens with zero attached hydrogens (tertiary/aromatic N) is 2. The maximum atomic E-state index is 12.9. The second-order valence-corrected chi connectivity index (χ2v) is 7.41. The molecule has 10 heteroatoms. The number of rotatable bonds is 4. The number of benzene rings is 2. The lowest BCUT2D eigenvalue weighted by atomic mass is 10.1. The zero-order chi connectivity index (χ0) is 19.9. The number of hydrazine groups is 1. The molecule has 0 saturated heterocycles. The van der Waals surface area contributed by atoms with Gasteiger partial charge in [0.1, 0.15) is 5.01 Å². The van der Waals surface area contributed by atoms with E-state index in [-0.39, 0.29) is 18.4 Å². The largest absolute Gasteiger partial charge is 0.481 e. The Morgan fingerprint density at radius 1 is 1.21 bits per heavy atom. The predicted molar refractivity (Wildman–Crippen MR) is 103 cm³/mol. The van der Waals surface area contributed by atoms with E-state index in [2.05, 4.69) is 10.4 Å². The summed E-state index contributed by atoms with van der Waals surface area (Å²) in [6.45, 7) is 0.290. The number of fused-ring (bicyclic) bond motifs is 2. The van der Waals surface area contributed by atoms with Crippen molar-refractivity contribution in [2.45, 2.75) is 19.1 Å². The summed E-state index contributed by atoms with van der Waals surface area (Å²) < 4.78 is 39.3. The molecule has 0 amide bonds. The van der Waals surface area contributed by atoms with Crippen LogP contribution in [0.25, 0.3) is 22.1 Å². The van der Waals surface area contributed by atoms with Crippen LogP contribution in [0.2, 0.25) is 0 Å². The van der Waals surface area contributed by atoms with Crippen LogP contribution >= 0.6 is 11.3 Å². The summed E-state index contributed by atoms with van der Waals surface area (Å²) in [6, 6.07) is 10.9. The smallest absolute Gasteiger partial charge is 0.416 e. The van der Waals surface area contributed by atoms with Crippen LogP contribution < -0.4 is 15.9 Å². The quantitative estimate of drug-likeness (QED) is 0.668. The van der Waals surface area contributed by atoms with Gasteiger partial charge in [-0.1, -0.05) is 24.3 Å². The molecule has 1 aliphatic rings. The van der Waals surface area contributed by atoms with Crippen molar-refractivity contribution in [1.82, 2.24) is 15.4 Å². The van der Waals surface area contributed by atoms with Crippen molar-refractivity contribution in [2.75, 3.05) is 0 Å². The first kappa shape index (κ1) is 20.6. The minimum Gasteiger partial charge on any atom is -0.481 e. The van der Waals surface area contributed by atoms with E-state index in [1.165, 1.54) is 17.4 Å². The highest BCUT2D eigenvalue weighted by molar-refractivity contribution is 7.18.